The van der Waals surface area contributed by atoms with Crippen LogP contribution in [0.5, 0.6) is 0 Å². The van der Waals surface area contributed by atoms with E-state index in [-0.39, 0.29) is 47.8 Å². The molecule has 68 heavy (non-hydrogen) atoms. The van der Waals surface area contributed by atoms with E-state index in [4.69, 9.17) is 0 Å². The van der Waals surface area contributed by atoms with Crippen molar-refractivity contribution in [3.05, 3.63) is 165 Å². The molecule has 4 N–H and O–H groups in total. The normalized spacial score (nSPS) is 25.6. The average Bonchev–Trinajstić information content (AvgIpc) is 3.30. The van der Waals surface area contributed by atoms with Crippen LogP contribution < -0.4 is 21.3 Å². The molecule has 0 unspecified atom stereocenters. The lowest BCUT2D eigenvalue weighted by atomic mass is 9.88. The third kappa shape index (κ3) is 11.8. The van der Waals surface area contributed by atoms with Gasteiger partial charge >= 0.3 is 0 Å². The first kappa shape index (κ1) is 46.5. The summed E-state index contributed by atoms with van der Waals surface area (Å²) < 4.78 is 0. The lowest BCUT2D eigenvalue weighted by Gasteiger charge is -2.34. The number of rotatable bonds is 0. The first-order valence-electron chi connectivity index (χ1n) is 24.7. The largest absolute Gasteiger partial charge is 0.357 e. The summed E-state index contributed by atoms with van der Waals surface area (Å²) in [6, 6.07) is 16.7. The number of nitrogens with one attached hydrogen (secondary N) is 4. The van der Waals surface area contributed by atoms with E-state index < -0.39 is 0 Å². The van der Waals surface area contributed by atoms with Crippen molar-refractivity contribution in [2.75, 3.05) is 28.2 Å². The number of carbonyl (C=O) groups excluding carboxylic acids is 4. The van der Waals surface area contributed by atoms with Crippen LogP contribution in [0.1, 0.15) is 99.3 Å². The van der Waals surface area contributed by atoms with Crippen molar-refractivity contribution in [1.29, 1.82) is 0 Å². The molecule has 2 saturated carbocycles. The molecule has 8 heterocycles. The lowest BCUT2D eigenvalue weighted by molar-refractivity contribution is -0.121. The Morgan fingerprint density at radius 3 is 0.735 bits per heavy atom. The van der Waals surface area contributed by atoms with Crippen LogP contribution >= 0.6 is 0 Å². The zero-order chi connectivity index (χ0) is 47.3. The SMILES string of the molecule is CN1C=C2CC(=C1)C(=O)N[C@@H]1CCCC[C@H]1NC(=O)C1=CN(C)C=C(C1)Cc1ccc(cc1)CC1=CN(C)C=C(C1)C(=O)N[C@@H]1CCCC[C@H]1NC(=O)C1=CN(C)C=C(C1)Cc1ccc(cc1)C2. The summed E-state index contributed by atoms with van der Waals surface area (Å²) in [5.41, 5.74) is 12.1. The Balaban J connectivity index is 0.929. The number of nitrogens with zero attached hydrogens (tertiary/aromatic N) is 4. The number of allylic oxidation sites excluding steroid dienone is 4. The third-order valence-electron chi connectivity index (χ3n) is 14.4. The van der Waals surface area contributed by atoms with Gasteiger partial charge in [0, 0.05) is 150 Å². The molecule has 10 aliphatic rings. The summed E-state index contributed by atoms with van der Waals surface area (Å²) in [5.74, 6) is -0.324. The van der Waals surface area contributed by atoms with E-state index in [0.717, 1.165) is 122 Å². The molecule has 8 aliphatic heterocycles. The van der Waals surface area contributed by atoms with Gasteiger partial charge in [-0.05, 0) is 95.9 Å². The fraction of sp³-hybridized carbons (Fsp3) is 0.429. The van der Waals surface area contributed by atoms with Gasteiger partial charge in [-0.15, -0.1) is 0 Å². The molecular weight excluding hydrogens is 849 g/mol. The van der Waals surface area contributed by atoms with Crippen molar-refractivity contribution in [2.45, 2.75) is 127 Å². The highest BCUT2D eigenvalue weighted by molar-refractivity contribution is 5.96. The zero-order valence-corrected chi connectivity index (χ0v) is 40.3. The standard InChI is InChI=1S/C56H68N8O4/c1-61-29-41-21-37-13-15-38(16-14-37)22-42-26-47(35-62(2)30-42)55(67)59-51-11-7-8-12-52(51)60-56(68)48-28-44(32-64(4)36-48)24-40-19-17-39(18-20-40)23-43-27-46(34-63(3)31-43)54(66)58-50-10-6-5-9-49(50)57-53(65)45(25-41)33-61/h13-20,29-36,49-52H,5-12,21-28H2,1-4H3,(H,57,65)(H,58,66)(H,59,67)(H,60,68)/t49-,50-,51-,52-/m1/s1. The monoisotopic (exact) mass is 917 g/mol. The highest BCUT2D eigenvalue weighted by Gasteiger charge is 2.33. The minimum absolute atomic E-state index is 0.0810. The van der Waals surface area contributed by atoms with Crippen LogP contribution in [0.4, 0.5) is 0 Å². The molecule has 12 heteroatoms. The average molecular weight is 917 g/mol. The van der Waals surface area contributed by atoms with Gasteiger partial charge in [-0.3, -0.25) is 19.2 Å². The summed E-state index contributed by atoms with van der Waals surface area (Å²) in [6.45, 7) is 0. The smallest absolute Gasteiger partial charge is 0.249 e. The van der Waals surface area contributed by atoms with Crippen LogP contribution in [0, 0.1) is 0 Å². The van der Waals surface area contributed by atoms with Crippen molar-refractivity contribution in [3.63, 3.8) is 0 Å². The minimum atomic E-state index is -0.158. The quantitative estimate of drug-likeness (QED) is 0.221. The van der Waals surface area contributed by atoms with Gasteiger partial charge in [0.15, 0.2) is 0 Å². The van der Waals surface area contributed by atoms with Crippen LogP contribution in [0.15, 0.2) is 143 Å². The molecule has 12 bridgehead atoms. The van der Waals surface area contributed by atoms with E-state index in [9.17, 15) is 19.2 Å². The number of benzene rings is 2. The molecule has 4 atom stereocenters. The maximum absolute atomic E-state index is 14.0. The zero-order valence-electron chi connectivity index (χ0n) is 40.3. The van der Waals surface area contributed by atoms with Gasteiger partial charge < -0.3 is 40.9 Å². The van der Waals surface area contributed by atoms with Crippen LogP contribution in [0.25, 0.3) is 0 Å². The summed E-state index contributed by atoms with van der Waals surface area (Å²) in [6.07, 6.45) is 28.5. The Hall–Kier alpha value is -6.56. The topological polar surface area (TPSA) is 129 Å². The van der Waals surface area contributed by atoms with E-state index in [1.165, 1.54) is 22.3 Å². The third-order valence-corrected chi connectivity index (χ3v) is 14.4. The van der Waals surface area contributed by atoms with Crippen LogP contribution in [0.3, 0.4) is 0 Å². The van der Waals surface area contributed by atoms with E-state index in [1.54, 1.807) is 0 Å². The molecule has 12 rings (SSSR count). The number of hydrogen-bond acceptors (Lipinski definition) is 8. The maximum Gasteiger partial charge on any atom is 0.249 e. The second-order valence-corrected chi connectivity index (χ2v) is 20.4. The molecule has 0 radical (unpaired) electrons. The molecular formula is C56H68N8O4. The molecule has 12 nitrogen and oxygen atoms in total. The second kappa shape index (κ2) is 20.8. The molecule has 2 aromatic rings. The molecule has 2 fully saturated rings. The van der Waals surface area contributed by atoms with Crippen LogP contribution in [-0.2, 0) is 44.9 Å². The van der Waals surface area contributed by atoms with Crippen molar-refractivity contribution in [3.8, 4) is 0 Å². The van der Waals surface area contributed by atoms with Gasteiger partial charge in [0.1, 0.15) is 0 Å². The Labute approximate surface area is 402 Å². The van der Waals surface area contributed by atoms with Gasteiger partial charge in [0.2, 0.25) is 23.6 Å². The minimum Gasteiger partial charge on any atom is -0.357 e. The van der Waals surface area contributed by atoms with Crippen molar-refractivity contribution >= 4 is 23.6 Å². The fourth-order valence-corrected chi connectivity index (χ4v) is 11.2. The summed E-state index contributed by atoms with van der Waals surface area (Å²) in [4.78, 5) is 63.8. The molecule has 0 spiro atoms. The van der Waals surface area contributed by atoms with E-state index in [0.29, 0.717) is 25.7 Å². The second-order valence-electron chi connectivity index (χ2n) is 20.4. The summed E-state index contributed by atoms with van der Waals surface area (Å²) >= 11 is 0. The first-order chi connectivity index (χ1) is 32.8. The Bertz CT molecular complexity index is 2190. The molecule has 0 aromatic heterocycles. The molecule has 2 aliphatic carbocycles. The van der Waals surface area contributed by atoms with Gasteiger partial charge in [0.25, 0.3) is 0 Å². The fourth-order valence-electron chi connectivity index (χ4n) is 11.2. The number of amides is 4. The Morgan fingerprint density at radius 1 is 0.324 bits per heavy atom. The molecule has 356 valence electrons. The van der Waals surface area contributed by atoms with Crippen LogP contribution in [-0.4, -0.2) is 95.6 Å². The number of carbonyl (C=O) groups is 4. The van der Waals surface area contributed by atoms with E-state index >= 15 is 0 Å². The van der Waals surface area contributed by atoms with Crippen molar-refractivity contribution < 1.29 is 19.2 Å². The summed E-state index contributed by atoms with van der Waals surface area (Å²) in [5, 5.41) is 13.4. The van der Waals surface area contributed by atoms with E-state index in [2.05, 4.69) is 94.6 Å². The van der Waals surface area contributed by atoms with Gasteiger partial charge in [-0.2, -0.15) is 0 Å². The Kier molecular flexibility index (Phi) is 14.2. The number of hydrogen-bond donors (Lipinski definition) is 4. The highest BCUT2D eigenvalue weighted by Crippen LogP contribution is 2.30. The maximum atomic E-state index is 14.0. The predicted molar refractivity (Wildman–Crippen MR) is 267 cm³/mol. The molecule has 0 saturated heterocycles. The predicted octanol–water partition coefficient (Wildman–Crippen LogP) is 7.07. The first-order valence-corrected chi connectivity index (χ1v) is 24.7. The van der Waals surface area contributed by atoms with Crippen LogP contribution in [0.2, 0.25) is 0 Å². The Morgan fingerprint density at radius 2 is 0.529 bits per heavy atom. The van der Waals surface area contributed by atoms with Gasteiger partial charge in [-0.1, -0.05) is 74.2 Å². The van der Waals surface area contributed by atoms with Gasteiger partial charge in [0.05, 0.1) is 0 Å². The molecule has 4 amide bonds. The van der Waals surface area contributed by atoms with E-state index in [1.807, 2.05) is 72.6 Å². The van der Waals surface area contributed by atoms with Crippen molar-refractivity contribution in [1.82, 2.24) is 40.9 Å². The molecule has 2 aromatic carbocycles. The van der Waals surface area contributed by atoms with Gasteiger partial charge in [-0.25, -0.2) is 0 Å². The lowest BCUT2D eigenvalue weighted by Crippen LogP contribution is -2.53. The van der Waals surface area contributed by atoms with Crippen molar-refractivity contribution in [2.24, 2.45) is 0 Å². The highest BCUT2D eigenvalue weighted by atomic mass is 16.2. The summed E-state index contributed by atoms with van der Waals surface area (Å²) in [7, 11) is 7.87.